The number of hydrogen-bond acceptors (Lipinski definition) is 2. The second-order valence-electron chi connectivity index (χ2n) is 5.63. The number of aryl methyl sites for hydroxylation is 2. The summed E-state index contributed by atoms with van der Waals surface area (Å²) in [5.74, 6) is 0. The first kappa shape index (κ1) is 12.2. The summed E-state index contributed by atoms with van der Waals surface area (Å²) in [7, 11) is 0. The molecule has 0 bridgehead atoms. The number of anilines is 1. The lowest BCUT2D eigenvalue weighted by molar-refractivity contribution is 0.275. The average molecular weight is 252 g/mol. The minimum absolute atomic E-state index is 0.931. The Morgan fingerprint density at radius 1 is 1.05 bits per heavy atom. The number of hydrogen-bond donors (Lipinski definition) is 1. The summed E-state index contributed by atoms with van der Waals surface area (Å²) < 4.78 is 0. The minimum atomic E-state index is 0.931. The van der Waals surface area contributed by atoms with Crippen LogP contribution in [-0.4, -0.2) is 4.90 Å². The number of rotatable bonds is 2. The number of nitrogens with zero attached hydrogens (tertiary/aromatic N) is 1. The van der Waals surface area contributed by atoms with E-state index in [1.54, 1.807) is 0 Å². The summed E-state index contributed by atoms with van der Waals surface area (Å²) in [5.41, 5.74) is 13.7. The molecule has 3 rings (SSSR count). The second-order valence-corrected chi connectivity index (χ2v) is 5.63. The predicted molar refractivity (Wildman–Crippen MR) is 79.7 cm³/mol. The zero-order valence-corrected chi connectivity index (χ0v) is 11.6. The van der Waals surface area contributed by atoms with Crippen molar-refractivity contribution < 1.29 is 0 Å². The normalized spacial score (nSPS) is 14.6. The van der Waals surface area contributed by atoms with Crippen molar-refractivity contribution in [1.29, 1.82) is 0 Å². The smallest absolute Gasteiger partial charge is 0.0363 e. The van der Waals surface area contributed by atoms with Gasteiger partial charge in [-0.3, -0.25) is 4.90 Å². The van der Waals surface area contributed by atoms with Crippen LogP contribution in [0.3, 0.4) is 0 Å². The summed E-state index contributed by atoms with van der Waals surface area (Å²) >= 11 is 0. The van der Waals surface area contributed by atoms with E-state index >= 15 is 0 Å². The van der Waals surface area contributed by atoms with Gasteiger partial charge in [-0.15, -0.1) is 0 Å². The van der Waals surface area contributed by atoms with Gasteiger partial charge >= 0.3 is 0 Å². The molecule has 2 aromatic rings. The van der Waals surface area contributed by atoms with E-state index in [0.717, 1.165) is 25.3 Å². The standard InChI is InChI=1S/C17H20N2/c1-12-6-13(2)8-14(7-12)9-19-10-15-4-3-5-17(18)16(15)11-19/h3-8H,9-11,18H2,1-2H3. The Bertz CT molecular complexity index is 596. The van der Waals surface area contributed by atoms with Gasteiger partial charge in [-0.2, -0.15) is 0 Å². The fourth-order valence-electron chi connectivity index (χ4n) is 3.05. The fraction of sp³-hybridized carbons (Fsp3) is 0.294. The van der Waals surface area contributed by atoms with E-state index in [0.29, 0.717) is 0 Å². The second kappa shape index (κ2) is 4.71. The molecular weight excluding hydrogens is 232 g/mol. The Balaban J connectivity index is 1.79. The van der Waals surface area contributed by atoms with Gasteiger partial charge in [-0.25, -0.2) is 0 Å². The van der Waals surface area contributed by atoms with Crippen LogP contribution in [0.15, 0.2) is 36.4 Å². The zero-order valence-electron chi connectivity index (χ0n) is 11.6. The summed E-state index contributed by atoms with van der Waals surface area (Å²) in [4.78, 5) is 2.45. The van der Waals surface area contributed by atoms with Gasteiger partial charge in [-0.1, -0.05) is 41.5 Å². The third kappa shape index (κ3) is 2.49. The molecule has 0 amide bonds. The van der Waals surface area contributed by atoms with Gasteiger partial charge < -0.3 is 5.73 Å². The van der Waals surface area contributed by atoms with E-state index in [1.165, 1.54) is 27.8 Å². The molecule has 2 aromatic carbocycles. The van der Waals surface area contributed by atoms with Crippen molar-refractivity contribution in [3.8, 4) is 0 Å². The molecule has 0 aromatic heterocycles. The Kier molecular flexibility index (Phi) is 3.03. The quantitative estimate of drug-likeness (QED) is 0.830. The SMILES string of the molecule is Cc1cc(C)cc(CN2Cc3cccc(N)c3C2)c1. The Labute approximate surface area is 114 Å². The molecular formula is C17H20N2. The predicted octanol–water partition coefficient (Wildman–Crippen LogP) is 3.40. The van der Waals surface area contributed by atoms with Crippen LogP contribution in [0.4, 0.5) is 5.69 Å². The molecule has 2 heteroatoms. The Morgan fingerprint density at radius 3 is 2.47 bits per heavy atom. The van der Waals surface area contributed by atoms with Crippen LogP contribution < -0.4 is 5.73 Å². The number of nitrogen functional groups attached to an aromatic ring is 1. The molecule has 0 saturated heterocycles. The van der Waals surface area contributed by atoms with E-state index in [1.807, 2.05) is 6.07 Å². The number of fused-ring (bicyclic) bond motifs is 1. The first-order valence-corrected chi connectivity index (χ1v) is 6.77. The molecule has 2 N–H and O–H groups in total. The third-order valence-electron chi connectivity index (χ3n) is 3.77. The molecule has 1 heterocycles. The first-order valence-electron chi connectivity index (χ1n) is 6.77. The highest BCUT2D eigenvalue weighted by Gasteiger charge is 2.20. The van der Waals surface area contributed by atoms with Gasteiger partial charge in [0.2, 0.25) is 0 Å². The van der Waals surface area contributed by atoms with Crippen LogP contribution in [0.5, 0.6) is 0 Å². The maximum atomic E-state index is 6.05. The average Bonchev–Trinajstić information content (AvgIpc) is 2.71. The molecule has 0 atom stereocenters. The molecule has 0 aliphatic carbocycles. The third-order valence-corrected chi connectivity index (χ3v) is 3.77. The molecule has 0 fully saturated rings. The lowest BCUT2D eigenvalue weighted by Gasteiger charge is -2.15. The zero-order chi connectivity index (χ0) is 13.4. The van der Waals surface area contributed by atoms with Crippen LogP contribution in [-0.2, 0) is 19.6 Å². The lowest BCUT2D eigenvalue weighted by atomic mass is 10.1. The van der Waals surface area contributed by atoms with Crippen molar-refractivity contribution in [1.82, 2.24) is 4.90 Å². The summed E-state index contributed by atoms with van der Waals surface area (Å²) in [6.45, 7) is 7.29. The van der Waals surface area contributed by atoms with Crippen LogP contribution >= 0.6 is 0 Å². The van der Waals surface area contributed by atoms with E-state index in [9.17, 15) is 0 Å². The van der Waals surface area contributed by atoms with Gasteiger partial charge in [0.15, 0.2) is 0 Å². The van der Waals surface area contributed by atoms with Gasteiger partial charge in [0.25, 0.3) is 0 Å². The molecule has 19 heavy (non-hydrogen) atoms. The van der Waals surface area contributed by atoms with Gasteiger partial charge in [0.1, 0.15) is 0 Å². The van der Waals surface area contributed by atoms with Crippen molar-refractivity contribution in [2.75, 3.05) is 5.73 Å². The van der Waals surface area contributed by atoms with E-state index in [-0.39, 0.29) is 0 Å². The number of nitrogens with two attached hydrogens (primary N) is 1. The monoisotopic (exact) mass is 252 g/mol. The highest BCUT2D eigenvalue weighted by molar-refractivity contribution is 5.52. The topological polar surface area (TPSA) is 29.3 Å². The van der Waals surface area contributed by atoms with E-state index in [2.05, 4.69) is 49.1 Å². The minimum Gasteiger partial charge on any atom is -0.398 e. The maximum Gasteiger partial charge on any atom is 0.0363 e. The highest BCUT2D eigenvalue weighted by atomic mass is 15.1. The molecule has 2 nitrogen and oxygen atoms in total. The largest absolute Gasteiger partial charge is 0.398 e. The Hall–Kier alpha value is -1.80. The Morgan fingerprint density at radius 2 is 1.79 bits per heavy atom. The van der Waals surface area contributed by atoms with Crippen molar-refractivity contribution in [3.05, 3.63) is 64.2 Å². The van der Waals surface area contributed by atoms with Crippen LogP contribution in [0.2, 0.25) is 0 Å². The van der Waals surface area contributed by atoms with Crippen molar-refractivity contribution in [2.45, 2.75) is 33.5 Å². The molecule has 0 spiro atoms. The van der Waals surface area contributed by atoms with E-state index < -0.39 is 0 Å². The summed E-state index contributed by atoms with van der Waals surface area (Å²) in [6.07, 6.45) is 0. The van der Waals surface area contributed by atoms with Crippen molar-refractivity contribution in [2.24, 2.45) is 0 Å². The molecule has 0 saturated carbocycles. The summed E-state index contributed by atoms with van der Waals surface area (Å²) in [6, 6.07) is 13.0. The first-order chi connectivity index (χ1) is 9.11. The number of benzene rings is 2. The van der Waals surface area contributed by atoms with Crippen molar-refractivity contribution in [3.63, 3.8) is 0 Å². The highest BCUT2D eigenvalue weighted by Crippen LogP contribution is 2.28. The van der Waals surface area contributed by atoms with Crippen LogP contribution in [0, 0.1) is 13.8 Å². The van der Waals surface area contributed by atoms with Gasteiger partial charge in [0.05, 0.1) is 0 Å². The van der Waals surface area contributed by atoms with Gasteiger partial charge in [-0.05, 0) is 36.6 Å². The molecule has 0 unspecified atom stereocenters. The van der Waals surface area contributed by atoms with Crippen molar-refractivity contribution >= 4 is 5.69 Å². The molecule has 1 aliphatic heterocycles. The molecule has 1 aliphatic rings. The van der Waals surface area contributed by atoms with E-state index in [4.69, 9.17) is 5.73 Å². The fourth-order valence-corrected chi connectivity index (χ4v) is 3.05. The van der Waals surface area contributed by atoms with Crippen LogP contribution in [0.25, 0.3) is 0 Å². The molecule has 0 radical (unpaired) electrons. The summed E-state index contributed by atoms with van der Waals surface area (Å²) in [5, 5.41) is 0. The van der Waals surface area contributed by atoms with Gasteiger partial charge in [0, 0.05) is 25.3 Å². The lowest BCUT2D eigenvalue weighted by Crippen LogP contribution is -2.15. The van der Waals surface area contributed by atoms with Crippen LogP contribution in [0.1, 0.15) is 27.8 Å². The maximum absolute atomic E-state index is 6.05. The molecule has 98 valence electrons.